The van der Waals surface area contributed by atoms with Crippen molar-refractivity contribution < 1.29 is 0 Å². The highest BCUT2D eigenvalue weighted by Gasteiger charge is 2.37. The summed E-state index contributed by atoms with van der Waals surface area (Å²) in [7, 11) is 0. The Hall–Kier alpha value is -0.0800. The van der Waals surface area contributed by atoms with Crippen LogP contribution < -0.4 is 5.32 Å². The van der Waals surface area contributed by atoms with Gasteiger partial charge in [-0.3, -0.25) is 4.90 Å². The van der Waals surface area contributed by atoms with Crippen molar-refractivity contribution in [3.8, 4) is 0 Å². The standard InChI is InChI=1S/C19H38N2/c1-4-14-20-18-9-7-5-6-8-10-19(18)21(17-11-12-17)15-13-16(2)3/h16-20H,4-15H2,1-3H3. The molecule has 0 heterocycles. The summed E-state index contributed by atoms with van der Waals surface area (Å²) in [5.41, 5.74) is 0. The zero-order valence-corrected chi connectivity index (χ0v) is 14.7. The lowest BCUT2D eigenvalue weighted by Gasteiger charge is -2.39. The van der Waals surface area contributed by atoms with Crippen molar-refractivity contribution in [1.29, 1.82) is 0 Å². The fraction of sp³-hybridized carbons (Fsp3) is 1.00. The van der Waals surface area contributed by atoms with Gasteiger partial charge in [0.15, 0.2) is 0 Å². The van der Waals surface area contributed by atoms with Crippen LogP contribution >= 0.6 is 0 Å². The first-order valence-corrected chi connectivity index (χ1v) is 9.71. The number of rotatable bonds is 8. The highest BCUT2D eigenvalue weighted by Crippen LogP contribution is 2.33. The molecule has 1 N–H and O–H groups in total. The topological polar surface area (TPSA) is 15.3 Å². The summed E-state index contributed by atoms with van der Waals surface area (Å²) < 4.78 is 0. The fourth-order valence-corrected chi connectivity index (χ4v) is 3.86. The SMILES string of the molecule is CCCNC1CCCCCCC1N(CCC(C)C)C1CC1. The molecule has 0 saturated heterocycles. The molecule has 2 atom stereocenters. The summed E-state index contributed by atoms with van der Waals surface area (Å²) in [6.07, 6.45) is 14.1. The molecule has 2 aliphatic carbocycles. The largest absolute Gasteiger partial charge is 0.312 e. The van der Waals surface area contributed by atoms with Gasteiger partial charge in [0.1, 0.15) is 0 Å². The minimum atomic E-state index is 0.748. The number of nitrogens with zero attached hydrogens (tertiary/aromatic N) is 1. The van der Waals surface area contributed by atoms with E-state index in [0.29, 0.717) is 0 Å². The van der Waals surface area contributed by atoms with Crippen LogP contribution in [0.25, 0.3) is 0 Å². The monoisotopic (exact) mass is 294 g/mol. The molecule has 2 heteroatoms. The Morgan fingerprint density at radius 3 is 2.33 bits per heavy atom. The maximum absolute atomic E-state index is 3.90. The Kier molecular flexibility index (Phi) is 7.53. The average Bonchev–Trinajstić information content (AvgIpc) is 3.24. The summed E-state index contributed by atoms with van der Waals surface area (Å²) in [6.45, 7) is 9.57. The van der Waals surface area contributed by atoms with Crippen molar-refractivity contribution in [2.24, 2.45) is 5.92 Å². The van der Waals surface area contributed by atoms with E-state index in [4.69, 9.17) is 0 Å². The van der Waals surface area contributed by atoms with Crippen molar-refractivity contribution in [3.05, 3.63) is 0 Å². The van der Waals surface area contributed by atoms with Crippen LogP contribution in [-0.2, 0) is 0 Å². The highest BCUT2D eigenvalue weighted by molar-refractivity contribution is 4.94. The molecule has 0 aliphatic heterocycles. The second-order valence-corrected chi connectivity index (χ2v) is 7.77. The van der Waals surface area contributed by atoms with Crippen LogP contribution in [0.1, 0.15) is 85.0 Å². The van der Waals surface area contributed by atoms with E-state index in [1.54, 1.807) is 0 Å². The molecule has 0 amide bonds. The van der Waals surface area contributed by atoms with Gasteiger partial charge in [-0.1, -0.05) is 46.5 Å². The molecular weight excluding hydrogens is 256 g/mol. The minimum absolute atomic E-state index is 0.748. The molecule has 2 saturated carbocycles. The maximum atomic E-state index is 3.90. The Balaban J connectivity index is 1.99. The maximum Gasteiger partial charge on any atom is 0.0252 e. The zero-order valence-electron chi connectivity index (χ0n) is 14.7. The smallest absolute Gasteiger partial charge is 0.0252 e. The van der Waals surface area contributed by atoms with E-state index >= 15 is 0 Å². The lowest BCUT2D eigenvalue weighted by Crippen LogP contribution is -2.52. The normalized spacial score (nSPS) is 27.9. The van der Waals surface area contributed by atoms with E-state index in [1.807, 2.05) is 0 Å². The Morgan fingerprint density at radius 1 is 1.00 bits per heavy atom. The Bertz CT molecular complexity index is 271. The fourth-order valence-electron chi connectivity index (χ4n) is 3.86. The molecule has 0 aromatic heterocycles. The number of hydrogen-bond donors (Lipinski definition) is 1. The van der Waals surface area contributed by atoms with Gasteiger partial charge in [0.05, 0.1) is 0 Å². The van der Waals surface area contributed by atoms with E-state index < -0.39 is 0 Å². The number of hydrogen-bond acceptors (Lipinski definition) is 2. The van der Waals surface area contributed by atoms with Crippen LogP contribution in [0.3, 0.4) is 0 Å². The Morgan fingerprint density at radius 2 is 1.71 bits per heavy atom. The van der Waals surface area contributed by atoms with Crippen LogP contribution in [0.5, 0.6) is 0 Å². The quantitative estimate of drug-likeness (QED) is 0.704. The predicted octanol–water partition coefficient (Wildman–Crippen LogP) is 4.59. The van der Waals surface area contributed by atoms with Crippen LogP contribution in [0, 0.1) is 5.92 Å². The summed E-state index contributed by atoms with van der Waals surface area (Å²) in [5.74, 6) is 0.835. The number of nitrogens with one attached hydrogen (secondary N) is 1. The van der Waals surface area contributed by atoms with E-state index in [2.05, 4.69) is 31.0 Å². The molecule has 2 fully saturated rings. The van der Waals surface area contributed by atoms with Crippen molar-refractivity contribution in [2.75, 3.05) is 13.1 Å². The molecule has 2 rings (SSSR count). The molecule has 0 aromatic carbocycles. The van der Waals surface area contributed by atoms with Crippen molar-refractivity contribution in [3.63, 3.8) is 0 Å². The molecule has 0 spiro atoms. The van der Waals surface area contributed by atoms with E-state index in [9.17, 15) is 0 Å². The molecular formula is C19H38N2. The summed E-state index contributed by atoms with van der Waals surface area (Å²) in [5, 5.41) is 3.90. The first kappa shape index (κ1) is 17.3. The average molecular weight is 295 g/mol. The second-order valence-electron chi connectivity index (χ2n) is 7.77. The third-order valence-corrected chi connectivity index (χ3v) is 5.29. The van der Waals surface area contributed by atoms with Crippen molar-refractivity contribution in [2.45, 2.75) is 103 Å². The summed E-state index contributed by atoms with van der Waals surface area (Å²) >= 11 is 0. The van der Waals surface area contributed by atoms with E-state index in [0.717, 1.165) is 24.0 Å². The second kappa shape index (κ2) is 9.15. The molecule has 124 valence electrons. The molecule has 21 heavy (non-hydrogen) atoms. The molecule has 2 unspecified atom stereocenters. The van der Waals surface area contributed by atoms with Crippen LogP contribution in [-0.4, -0.2) is 36.1 Å². The van der Waals surface area contributed by atoms with Crippen LogP contribution in [0.15, 0.2) is 0 Å². The predicted molar refractivity (Wildman–Crippen MR) is 92.8 cm³/mol. The van der Waals surface area contributed by atoms with E-state index in [-0.39, 0.29) is 0 Å². The summed E-state index contributed by atoms with van der Waals surface area (Å²) in [4.78, 5) is 2.92. The lowest BCUT2D eigenvalue weighted by molar-refractivity contribution is 0.119. The third-order valence-electron chi connectivity index (χ3n) is 5.29. The van der Waals surface area contributed by atoms with Crippen molar-refractivity contribution in [1.82, 2.24) is 10.2 Å². The van der Waals surface area contributed by atoms with Gasteiger partial charge in [-0.25, -0.2) is 0 Å². The van der Waals surface area contributed by atoms with Gasteiger partial charge in [0.25, 0.3) is 0 Å². The van der Waals surface area contributed by atoms with Gasteiger partial charge in [0, 0.05) is 18.1 Å². The summed E-state index contributed by atoms with van der Waals surface area (Å²) in [6, 6.07) is 2.47. The first-order chi connectivity index (χ1) is 10.2. The molecule has 2 nitrogen and oxygen atoms in total. The van der Waals surface area contributed by atoms with Gasteiger partial charge in [-0.2, -0.15) is 0 Å². The van der Waals surface area contributed by atoms with Gasteiger partial charge < -0.3 is 5.32 Å². The van der Waals surface area contributed by atoms with Crippen molar-refractivity contribution >= 4 is 0 Å². The van der Waals surface area contributed by atoms with Gasteiger partial charge in [-0.05, 0) is 57.5 Å². The molecule has 2 aliphatic rings. The van der Waals surface area contributed by atoms with Gasteiger partial charge >= 0.3 is 0 Å². The van der Waals surface area contributed by atoms with E-state index in [1.165, 1.54) is 77.3 Å². The highest BCUT2D eigenvalue weighted by atomic mass is 15.2. The first-order valence-electron chi connectivity index (χ1n) is 9.71. The molecule has 0 radical (unpaired) electrons. The Labute approximate surface area is 133 Å². The van der Waals surface area contributed by atoms with Gasteiger partial charge in [-0.15, -0.1) is 0 Å². The minimum Gasteiger partial charge on any atom is -0.312 e. The van der Waals surface area contributed by atoms with Crippen LogP contribution in [0.4, 0.5) is 0 Å². The third kappa shape index (κ3) is 5.90. The molecule has 0 aromatic rings. The zero-order chi connectivity index (χ0) is 15.1. The van der Waals surface area contributed by atoms with Gasteiger partial charge in [0.2, 0.25) is 0 Å². The van der Waals surface area contributed by atoms with Crippen LogP contribution in [0.2, 0.25) is 0 Å². The lowest BCUT2D eigenvalue weighted by atomic mass is 9.90. The molecule has 0 bridgehead atoms.